The van der Waals surface area contributed by atoms with Gasteiger partial charge in [-0.1, -0.05) is 19.9 Å². The molecule has 2 aromatic carbocycles. The first-order chi connectivity index (χ1) is 16.8. The van der Waals surface area contributed by atoms with Crippen LogP contribution in [0.25, 0.3) is 0 Å². The Morgan fingerprint density at radius 3 is 2.20 bits per heavy atom. The smallest absolute Gasteiger partial charge is 0.253 e. The minimum absolute atomic E-state index is 0.0488. The predicted octanol–water partition coefficient (Wildman–Crippen LogP) is 3.13. The predicted molar refractivity (Wildman–Crippen MR) is 134 cm³/mol. The molecule has 1 unspecified atom stereocenters. The van der Waals surface area contributed by atoms with Gasteiger partial charge < -0.3 is 25.0 Å². The lowest BCUT2D eigenvalue weighted by molar-refractivity contribution is -0.124. The number of piperidine rings is 1. The molecule has 0 saturated carbocycles. The number of nitrogens with zero attached hydrogens (tertiary/aromatic N) is 1. The van der Waals surface area contributed by atoms with Crippen LogP contribution in [0.3, 0.4) is 0 Å². The summed E-state index contributed by atoms with van der Waals surface area (Å²) in [6.45, 7) is 5.59. The zero-order valence-electron chi connectivity index (χ0n) is 20.9. The number of hydrogen-bond acceptors (Lipinski definition) is 5. The summed E-state index contributed by atoms with van der Waals surface area (Å²) in [7, 11) is 3.13. The van der Waals surface area contributed by atoms with E-state index in [1.165, 1.54) is 0 Å². The van der Waals surface area contributed by atoms with E-state index < -0.39 is 6.04 Å². The molecule has 3 rings (SSSR count). The molecule has 1 fully saturated rings. The first-order valence-corrected chi connectivity index (χ1v) is 12.0. The number of hydrogen-bond donors (Lipinski definition) is 2. The fraction of sp³-hybridized carbons (Fsp3) is 0.444. The molecular formula is C27H35N3O5. The molecule has 0 aromatic heterocycles. The standard InChI is InChI=1S/C27H35N3O5/c1-18(2)17-28-26(32)24(29-25(31)21-6-5-7-23(16-21)35-4)19-12-14-30(15-13-19)27(33)20-8-10-22(34-3)11-9-20/h5-11,16,18-19,24H,12-15,17H2,1-4H3,(H,28,32)(H,29,31). The van der Waals surface area contributed by atoms with Gasteiger partial charge in [-0.25, -0.2) is 0 Å². The minimum atomic E-state index is -0.689. The second-order valence-electron chi connectivity index (χ2n) is 9.18. The molecule has 188 valence electrons. The van der Waals surface area contributed by atoms with E-state index in [0.29, 0.717) is 55.1 Å². The van der Waals surface area contributed by atoms with Gasteiger partial charge in [0.25, 0.3) is 11.8 Å². The Bertz CT molecular complexity index is 1010. The van der Waals surface area contributed by atoms with Gasteiger partial charge in [0, 0.05) is 30.8 Å². The average Bonchev–Trinajstić information content (AvgIpc) is 2.90. The zero-order valence-corrected chi connectivity index (χ0v) is 20.9. The maximum atomic E-state index is 13.1. The zero-order chi connectivity index (χ0) is 25.4. The Morgan fingerprint density at radius 2 is 1.60 bits per heavy atom. The molecule has 1 heterocycles. The van der Waals surface area contributed by atoms with E-state index in [0.717, 1.165) is 0 Å². The summed E-state index contributed by atoms with van der Waals surface area (Å²) in [5.74, 6) is 0.896. The van der Waals surface area contributed by atoms with Crippen molar-refractivity contribution in [1.29, 1.82) is 0 Å². The molecule has 3 amide bonds. The number of rotatable bonds is 9. The van der Waals surface area contributed by atoms with Gasteiger partial charge in [-0.15, -0.1) is 0 Å². The van der Waals surface area contributed by atoms with Crippen LogP contribution in [0, 0.1) is 11.8 Å². The van der Waals surface area contributed by atoms with E-state index in [4.69, 9.17) is 9.47 Å². The minimum Gasteiger partial charge on any atom is -0.497 e. The quantitative estimate of drug-likeness (QED) is 0.574. The molecular weight excluding hydrogens is 446 g/mol. The summed E-state index contributed by atoms with van der Waals surface area (Å²) in [4.78, 5) is 40.8. The van der Waals surface area contributed by atoms with E-state index in [1.54, 1.807) is 67.7 Å². The third-order valence-electron chi connectivity index (χ3n) is 6.22. The highest BCUT2D eigenvalue weighted by Gasteiger charge is 2.34. The van der Waals surface area contributed by atoms with Crippen LogP contribution in [0.5, 0.6) is 11.5 Å². The first kappa shape index (κ1) is 26.1. The number of benzene rings is 2. The van der Waals surface area contributed by atoms with Crippen LogP contribution >= 0.6 is 0 Å². The number of nitrogens with one attached hydrogen (secondary N) is 2. The topological polar surface area (TPSA) is 97.0 Å². The second kappa shape index (κ2) is 12.2. The monoisotopic (exact) mass is 481 g/mol. The van der Waals surface area contributed by atoms with Crippen LogP contribution in [-0.2, 0) is 4.79 Å². The highest BCUT2D eigenvalue weighted by Crippen LogP contribution is 2.24. The fourth-order valence-electron chi connectivity index (χ4n) is 4.15. The third kappa shape index (κ3) is 6.97. The van der Waals surface area contributed by atoms with Crippen molar-refractivity contribution in [1.82, 2.24) is 15.5 Å². The number of carbonyl (C=O) groups excluding carboxylic acids is 3. The molecule has 1 aliphatic heterocycles. The average molecular weight is 482 g/mol. The van der Waals surface area contributed by atoms with Gasteiger partial charge in [0.2, 0.25) is 5.91 Å². The van der Waals surface area contributed by atoms with Crippen LogP contribution in [0.2, 0.25) is 0 Å². The van der Waals surface area contributed by atoms with Gasteiger partial charge in [0.05, 0.1) is 14.2 Å². The number of methoxy groups -OCH3 is 2. The summed E-state index contributed by atoms with van der Waals surface area (Å²) in [5, 5.41) is 5.90. The van der Waals surface area contributed by atoms with Crippen LogP contribution in [-0.4, -0.2) is 62.5 Å². The molecule has 1 aliphatic rings. The number of ether oxygens (including phenoxy) is 2. The SMILES string of the molecule is COc1ccc(C(=O)N2CCC(C(NC(=O)c3cccc(OC)c3)C(=O)NCC(C)C)CC2)cc1. The lowest BCUT2D eigenvalue weighted by atomic mass is 9.88. The maximum absolute atomic E-state index is 13.1. The Balaban J connectivity index is 1.68. The maximum Gasteiger partial charge on any atom is 0.253 e. The molecule has 0 aliphatic carbocycles. The van der Waals surface area contributed by atoms with Crippen LogP contribution < -0.4 is 20.1 Å². The van der Waals surface area contributed by atoms with Gasteiger partial charge in [-0.3, -0.25) is 14.4 Å². The van der Waals surface area contributed by atoms with Crippen molar-refractivity contribution in [3.8, 4) is 11.5 Å². The van der Waals surface area contributed by atoms with Crippen molar-refractivity contribution in [2.45, 2.75) is 32.7 Å². The molecule has 2 aromatic rings. The summed E-state index contributed by atoms with van der Waals surface area (Å²) < 4.78 is 10.4. The van der Waals surface area contributed by atoms with Gasteiger partial charge in [-0.05, 0) is 67.1 Å². The molecule has 8 nitrogen and oxygen atoms in total. The Hall–Kier alpha value is -3.55. The normalized spacial score (nSPS) is 14.8. The second-order valence-corrected chi connectivity index (χ2v) is 9.18. The highest BCUT2D eigenvalue weighted by atomic mass is 16.5. The Morgan fingerprint density at radius 1 is 0.943 bits per heavy atom. The summed E-state index contributed by atoms with van der Waals surface area (Å²) in [5.41, 5.74) is 1.03. The van der Waals surface area contributed by atoms with Crippen molar-refractivity contribution < 1.29 is 23.9 Å². The molecule has 8 heteroatoms. The molecule has 0 radical (unpaired) electrons. The number of likely N-dealkylation sites (tertiary alicyclic amines) is 1. The molecule has 0 bridgehead atoms. The first-order valence-electron chi connectivity index (χ1n) is 12.0. The van der Waals surface area contributed by atoms with Crippen molar-refractivity contribution in [3.63, 3.8) is 0 Å². The molecule has 1 saturated heterocycles. The van der Waals surface area contributed by atoms with Crippen molar-refractivity contribution in [2.24, 2.45) is 11.8 Å². The van der Waals surface area contributed by atoms with Crippen LogP contribution in [0.4, 0.5) is 0 Å². The lowest BCUT2D eigenvalue weighted by Crippen LogP contribution is -2.54. The Labute approximate surface area is 207 Å². The Kier molecular flexibility index (Phi) is 9.11. The summed E-state index contributed by atoms with van der Waals surface area (Å²) in [6.07, 6.45) is 1.22. The largest absolute Gasteiger partial charge is 0.497 e. The molecule has 1 atom stereocenters. The third-order valence-corrected chi connectivity index (χ3v) is 6.22. The van der Waals surface area contributed by atoms with E-state index in [9.17, 15) is 14.4 Å². The van der Waals surface area contributed by atoms with E-state index >= 15 is 0 Å². The van der Waals surface area contributed by atoms with E-state index in [2.05, 4.69) is 10.6 Å². The van der Waals surface area contributed by atoms with E-state index in [-0.39, 0.29) is 29.6 Å². The van der Waals surface area contributed by atoms with Crippen molar-refractivity contribution in [2.75, 3.05) is 33.9 Å². The van der Waals surface area contributed by atoms with E-state index in [1.807, 2.05) is 13.8 Å². The number of amides is 3. The molecule has 35 heavy (non-hydrogen) atoms. The lowest BCUT2D eigenvalue weighted by Gasteiger charge is -2.36. The highest BCUT2D eigenvalue weighted by molar-refractivity contribution is 5.98. The molecule has 2 N–H and O–H groups in total. The summed E-state index contributed by atoms with van der Waals surface area (Å²) >= 11 is 0. The summed E-state index contributed by atoms with van der Waals surface area (Å²) in [6, 6.07) is 13.2. The van der Waals surface area contributed by atoms with Crippen molar-refractivity contribution >= 4 is 17.7 Å². The van der Waals surface area contributed by atoms with Crippen LogP contribution in [0.15, 0.2) is 48.5 Å². The van der Waals surface area contributed by atoms with Crippen LogP contribution in [0.1, 0.15) is 47.4 Å². The van der Waals surface area contributed by atoms with Gasteiger partial charge in [0.15, 0.2) is 0 Å². The fourth-order valence-corrected chi connectivity index (χ4v) is 4.15. The van der Waals surface area contributed by atoms with Gasteiger partial charge in [-0.2, -0.15) is 0 Å². The molecule has 0 spiro atoms. The number of carbonyl (C=O) groups is 3. The van der Waals surface area contributed by atoms with Crippen molar-refractivity contribution in [3.05, 3.63) is 59.7 Å². The van der Waals surface area contributed by atoms with Gasteiger partial charge >= 0.3 is 0 Å². The van der Waals surface area contributed by atoms with Gasteiger partial charge in [0.1, 0.15) is 17.5 Å².